The summed E-state index contributed by atoms with van der Waals surface area (Å²) in [5.74, 6) is 0.0748. The van der Waals surface area contributed by atoms with E-state index in [0.717, 1.165) is 11.0 Å². The number of rotatable bonds is 5. The van der Waals surface area contributed by atoms with Gasteiger partial charge in [-0.15, -0.1) is 0 Å². The molecule has 2 amide bonds. The van der Waals surface area contributed by atoms with Crippen molar-refractivity contribution in [1.29, 1.82) is 0 Å². The summed E-state index contributed by atoms with van der Waals surface area (Å²) in [6.07, 6.45) is 2.17. The molecule has 4 rings (SSSR count). The smallest absolute Gasteiger partial charge is 0.434 e. The number of H-pyrrole nitrogens is 1. The van der Waals surface area contributed by atoms with Gasteiger partial charge >= 0.3 is 6.16 Å². The molecule has 2 heterocycles. The molecule has 3 aromatic rings. The Kier molecular flexibility index (Phi) is 6.34. The molecule has 0 spiro atoms. The molecule has 0 radical (unpaired) electrons. The van der Waals surface area contributed by atoms with Gasteiger partial charge in [0.1, 0.15) is 5.75 Å². The molecule has 1 saturated heterocycles. The molecule has 32 heavy (non-hydrogen) atoms. The van der Waals surface area contributed by atoms with Gasteiger partial charge in [0, 0.05) is 30.3 Å². The molecular formula is C23H24N4O5. The molecule has 0 atom stereocenters. The van der Waals surface area contributed by atoms with Crippen molar-refractivity contribution < 1.29 is 23.9 Å². The normalized spacial score (nSPS) is 14.2. The Balaban J connectivity index is 1.28. The fraction of sp³-hybridized carbons (Fsp3) is 0.304. The zero-order chi connectivity index (χ0) is 22.5. The van der Waals surface area contributed by atoms with E-state index in [1.54, 1.807) is 43.6 Å². The number of ether oxygens (including phenoxy) is 2. The number of benzene rings is 2. The minimum absolute atomic E-state index is 0.0166. The van der Waals surface area contributed by atoms with Gasteiger partial charge in [-0.25, -0.2) is 9.78 Å². The molecule has 1 fully saturated rings. The van der Waals surface area contributed by atoms with Crippen molar-refractivity contribution in [3.8, 4) is 5.75 Å². The fourth-order valence-electron chi connectivity index (χ4n) is 3.66. The van der Waals surface area contributed by atoms with E-state index in [9.17, 15) is 14.4 Å². The van der Waals surface area contributed by atoms with Crippen molar-refractivity contribution in [3.05, 3.63) is 59.9 Å². The van der Waals surface area contributed by atoms with Gasteiger partial charge in [-0.3, -0.25) is 9.59 Å². The van der Waals surface area contributed by atoms with Crippen LogP contribution in [0.5, 0.6) is 5.75 Å². The SMILES string of the molecule is CCOC(=O)Oc1ccc(C(=O)NC2CCN(C(=O)c3ccc4nc[nH]c4c3)CC2)cc1. The van der Waals surface area contributed by atoms with Gasteiger partial charge in [-0.1, -0.05) is 0 Å². The number of aromatic nitrogens is 2. The maximum absolute atomic E-state index is 12.8. The van der Waals surface area contributed by atoms with Crippen LogP contribution in [0.4, 0.5) is 4.79 Å². The highest BCUT2D eigenvalue weighted by atomic mass is 16.7. The first kappa shape index (κ1) is 21.4. The minimum Gasteiger partial charge on any atom is -0.434 e. The molecule has 2 N–H and O–H groups in total. The second-order valence-electron chi connectivity index (χ2n) is 7.48. The number of likely N-dealkylation sites (tertiary alicyclic amines) is 1. The Morgan fingerprint density at radius 3 is 2.53 bits per heavy atom. The number of imidazole rings is 1. The van der Waals surface area contributed by atoms with Crippen molar-refractivity contribution >= 4 is 29.0 Å². The van der Waals surface area contributed by atoms with Gasteiger partial charge < -0.3 is 24.7 Å². The predicted molar refractivity (Wildman–Crippen MR) is 117 cm³/mol. The summed E-state index contributed by atoms with van der Waals surface area (Å²) >= 11 is 0. The topological polar surface area (TPSA) is 114 Å². The molecule has 1 aromatic heterocycles. The molecule has 166 valence electrons. The molecule has 2 aromatic carbocycles. The molecule has 0 aliphatic carbocycles. The van der Waals surface area contributed by atoms with Crippen molar-refractivity contribution in [1.82, 2.24) is 20.2 Å². The summed E-state index contributed by atoms with van der Waals surface area (Å²) in [6.45, 7) is 3.05. The van der Waals surface area contributed by atoms with Gasteiger partial charge in [0.15, 0.2) is 0 Å². The number of hydrogen-bond acceptors (Lipinski definition) is 6. The number of carbonyl (C=O) groups is 3. The third kappa shape index (κ3) is 4.88. The van der Waals surface area contributed by atoms with E-state index in [1.807, 2.05) is 17.0 Å². The number of piperidine rings is 1. The average Bonchev–Trinajstić information content (AvgIpc) is 3.27. The van der Waals surface area contributed by atoms with E-state index in [-0.39, 0.29) is 24.5 Å². The van der Waals surface area contributed by atoms with E-state index in [0.29, 0.717) is 42.8 Å². The second-order valence-corrected chi connectivity index (χ2v) is 7.48. The van der Waals surface area contributed by atoms with Crippen LogP contribution in [0.2, 0.25) is 0 Å². The predicted octanol–water partition coefficient (Wildman–Crippen LogP) is 3.13. The Bertz CT molecular complexity index is 1120. The number of carbonyl (C=O) groups excluding carboxylic acids is 3. The summed E-state index contributed by atoms with van der Waals surface area (Å²) in [7, 11) is 0. The Morgan fingerprint density at radius 2 is 1.81 bits per heavy atom. The van der Waals surface area contributed by atoms with Crippen LogP contribution in [0.25, 0.3) is 11.0 Å². The largest absolute Gasteiger partial charge is 0.513 e. The number of nitrogens with one attached hydrogen (secondary N) is 2. The van der Waals surface area contributed by atoms with Gasteiger partial charge in [0.2, 0.25) is 0 Å². The van der Waals surface area contributed by atoms with Gasteiger partial charge in [0.05, 0.1) is 24.0 Å². The zero-order valence-electron chi connectivity index (χ0n) is 17.7. The number of aromatic amines is 1. The van der Waals surface area contributed by atoms with Gasteiger partial charge in [0.25, 0.3) is 11.8 Å². The van der Waals surface area contributed by atoms with E-state index < -0.39 is 6.16 Å². The van der Waals surface area contributed by atoms with Crippen molar-refractivity contribution in [3.63, 3.8) is 0 Å². The first-order valence-corrected chi connectivity index (χ1v) is 10.5. The van der Waals surface area contributed by atoms with Crippen LogP contribution in [0.3, 0.4) is 0 Å². The Morgan fingerprint density at radius 1 is 1.09 bits per heavy atom. The molecule has 1 aliphatic rings. The van der Waals surface area contributed by atoms with E-state index in [2.05, 4.69) is 15.3 Å². The average molecular weight is 436 g/mol. The van der Waals surface area contributed by atoms with Crippen LogP contribution in [-0.2, 0) is 4.74 Å². The maximum Gasteiger partial charge on any atom is 0.513 e. The molecule has 0 unspecified atom stereocenters. The number of amides is 2. The van der Waals surface area contributed by atoms with E-state index in [4.69, 9.17) is 9.47 Å². The summed E-state index contributed by atoms with van der Waals surface area (Å²) in [5.41, 5.74) is 2.74. The van der Waals surface area contributed by atoms with Crippen LogP contribution in [0, 0.1) is 0 Å². The summed E-state index contributed by atoms with van der Waals surface area (Å²) in [4.78, 5) is 45.7. The fourth-order valence-corrected chi connectivity index (χ4v) is 3.66. The lowest BCUT2D eigenvalue weighted by Crippen LogP contribution is -2.46. The Hall–Kier alpha value is -3.88. The highest BCUT2D eigenvalue weighted by Gasteiger charge is 2.25. The minimum atomic E-state index is -0.782. The van der Waals surface area contributed by atoms with Crippen LogP contribution >= 0.6 is 0 Å². The Labute approximate surface area is 184 Å². The lowest BCUT2D eigenvalue weighted by Gasteiger charge is -2.32. The van der Waals surface area contributed by atoms with Crippen LogP contribution in [-0.4, -0.2) is 58.6 Å². The van der Waals surface area contributed by atoms with Crippen molar-refractivity contribution in [2.24, 2.45) is 0 Å². The number of hydrogen-bond donors (Lipinski definition) is 2. The summed E-state index contributed by atoms with van der Waals surface area (Å²) < 4.78 is 9.71. The second kappa shape index (κ2) is 9.51. The highest BCUT2D eigenvalue weighted by Crippen LogP contribution is 2.18. The molecule has 1 aliphatic heterocycles. The zero-order valence-corrected chi connectivity index (χ0v) is 17.7. The number of nitrogens with zero attached hydrogens (tertiary/aromatic N) is 2. The first-order chi connectivity index (χ1) is 15.5. The van der Waals surface area contributed by atoms with Gasteiger partial charge in [-0.05, 0) is 62.2 Å². The van der Waals surface area contributed by atoms with Crippen molar-refractivity contribution in [2.45, 2.75) is 25.8 Å². The molecular weight excluding hydrogens is 412 g/mol. The first-order valence-electron chi connectivity index (χ1n) is 10.5. The van der Waals surface area contributed by atoms with Crippen LogP contribution < -0.4 is 10.1 Å². The maximum atomic E-state index is 12.8. The van der Waals surface area contributed by atoms with E-state index in [1.165, 1.54) is 0 Å². The molecule has 0 bridgehead atoms. The molecule has 9 nitrogen and oxygen atoms in total. The number of fused-ring (bicyclic) bond motifs is 1. The molecule has 9 heteroatoms. The van der Waals surface area contributed by atoms with E-state index >= 15 is 0 Å². The summed E-state index contributed by atoms with van der Waals surface area (Å²) in [6, 6.07) is 11.7. The van der Waals surface area contributed by atoms with Crippen LogP contribution in [0.15, 0.2) is 48.8 Å². The standard InChI is InChI=1S/C23H24N4O5/c1-2-31-23(30)32-18-6-3-15(4-7-18)21(28)26-17-9-11-27(12-10-17)22(29)16-5-8-19-20(13-16)25-14-24-19/h3-8,13-14,17H,2,9-12H2,1H3,(H,24,25)(H,26,28). The monoisotopic (exact) mass is 436 g/mol. The highest BCUT2D eigenvalue weighted by molar-refractivity contribution is 5.97. The molecule has 0 saturated carbocycles. The van der Waals surface area contributed by atoms with Crippen molar-refractivity contribution in [2.75, 3.05) is 19.7 Å². The lowest BCUT2D eigenvalue weighted by molar-refractivity contribution is 0.0698. The quantitative estimate of drug-likeness (QED) is 0.469. The van der Waals surface area contributed by atoms with Crippen LogP contribution in [0.1, 0.15) is 40.5 Å². The summed E-state index contributed by atoms with van der Waals surface area (Å²) in [5, 5.41) is 3.01. The van der Waals surface area contributed by atoms with Gasteiger partial charge in [-0.2, -0.15) is 0 Å². The third-order valence-electron chi connectivity index (χ3n) is 5.36. The lowest BCUT2D eigenvalue weighted by atomic mass is 10.0. The third-order valence-corrected chi connectivity index (χ3v) is 5.36.